The van der Waals surface area contributed by atoms with E-state index in [1.165, 1.54) is 5.56 Å². The van der Waals surface area contributed by atoms with Crippen molar-refractivity contribution < 1.29 is 14.6 Å². The van der Waals surface area contributed by atoms with E-state index in [1.54, 1.807) is 0 Å². The number of carbonyl (C=O) groups is 1. The van der Waals surface area contributed by atoms with Gasteiger partial charge < -0.3 is 9.84 Å². The lowest BCUT2D eigenvalue weighted by molar-refractivity contribution is -0.143. The maximum absolute atomic E-state index is 11.1. The molecular formula is C17H25NO3. The molecule has 0 aromatic heterocycles. The van der Waals surface area contributed by atoms with Crippen LogP contribution in [0.5, 0.6) is 5.75 Å². The smallest absolute Gasteiger partial charge is 0.306 e. The van der Waals surface area contributed by atoms with E-state index in [2.05, 4.69) is 17.9 Å². The first kappa shape index (κ1) is 15.8. The summed E-state index contributed by atoms with van der Waals surface area (Å²) in [4.78, 5) is 13.5. The minimum absolute atomic E-state index is 0.180. The molecule has 1 fully saturated rings. The van der Waals surface area contributed by atoms with Crippen molar-refractivity contribution in [3.63, 3.8) is 0 Å². The van der Waals surface area contributed by atoms with Crippen LogP contribution in [0.25, 0.3) is 0 Å². The van der Waals surface area contributed by atoms with Crippen molar-refractivity contribution in [1.82, 2.24) is 4.90 Å². The van der Waals surface area contributed by atoms with Crippen LogP contribution < -0.4 is 4.74 Å². The van der Waals surface area contributed by atoms with Crippen LogP contribution in [0.3, 0.4) is 0 Å². The minimum Gasteiger partial charge on any atom is -0.494 e. The standard InChI is InChI=1S/C17H25NO3/c1-3-15(14-7-5-6-8-16(14)21-4-2)18-11-9-13(10-12-18)17(19)20/h5-8,13,15H,3-4,9-12H2,1-2H3,(H,19,20). The second-order valence-electron chi connectivity index (χ2n) is 5.54. The quantitative estimate of drug-likeness (QED) is 0.873. The third kappa shape index (κ3) is 3.76. The molecule has 1 atom stereocenters. The molecule has 1 unspecified atom stereocenters. The number of carboxylic acids is 1. The van der Waals surface area contributed by atoms with Gasteiger partial charge in [0.15, 0.2) is 0 Å². The molecule has 1 aliphatic rings. The minimum atomic E-state index is -0.655. The Morgan fingerprint density at radius 2 is 2.00 bits per heavy atom. The van der Waals surface area contributed by atoms with Crippen LogP contribution in [0.2, 0.25) is 0 Å². The lowest BCUT2D eigenvalue weighted by Gasteiger charge is -2.36. The first-order chi connectivity index (χ1) is 10.2. The molecule has 1 aromatic carbocycles. The third-order valence-electron chi connectivity index (χ3n) is 4.28. The van der Waals surface area contributed by atoms with Gasteiger partial charge in [-0.1, -0.05) is 25.1 Å². The summed E-state index contributed by atoms with van der Waals surface area (Å²) in [6.07, 6.45) is 2.48. The molecule has 1 N–H and O–H groups in total. The van der Waals surface area contributed by atoms with Gasteiger partial charge in [0.25, 0.3) is 0 Å². The summed E-state index contributed by atoms with van der Waals surface area (Å²) in [6.45, 7) is 6.52. The SMILES string of the molecule is CCOc1ccccc1C(CC)N1CCC(C(=O)O)CC1. The number of carboxylic acid groups (broad SMARTS) is 1. The average Bonchev–Trinajstić information content (AvgIpc) is 2.50. The van der Waals surface area contributed by atoms with Gasteiger partial charge in [-0.3, -0.25) is 9.69 Å². The summed E-state index contributed by atoms with van der Waals surface area (Å²) in [6, 6.07) is 8.50. The van der Waals surface area contributed by atoms with Crippen molar-refractivity contribution in [1.29, 1.82) is 0 Å². The fraction of sp³-hybridized carbons (Fsp3) is 0.588. The molecule has 116 valence electrons. The van der Waals surface area contributed by atoms with Gasteiger partial charge in [-0.15, -0.1) is 0 Å². The van der Waals surface area contributed by atoms with Gasteiger partial charge in [0, 0.05) is 11.6 Å². The fourth-order valence-electron chi connectivity index (χ4n) is 3.18. The van der Waals surface area contributed by atoms with Crippen LogP contribution in [0.4, 0.5) is 0 Å². The number of aliphatic carboxylic acids is 1. The summed E-state index contributed by atoms with van der Waals surface area (Å²) in [5.41, 5.74) is 1.22. The third-order valence-corrected chi connectivity index (χ3v) is 4.28. The largest absolute Gasteiger partial charge is 0.494 e. The highest BCUT2D eigenvalue weighted by molar-refractivity contribution is 5.70. The molecule has 0 bridgehead atoms. The monoisotopic (exact) mass is 291 g/mol. The Labute approximate surface area is 126 Å². The lowest BCUT2D eigenvalue weighted by Crippen LogP contribution is -2.38. The van der Waals surface area contributed by atoms with E-state index in [9.17, 15) is 4.79 Å². The predicted molar refractivity (Wildman–Crippen MR) is 82.6 cm³/mol. The number of para-hydroxylation sites is 1. The molecule has 0 saturated carbocycles. The molecule has 0 spiro atoms. The highest BCUT2D eigenvalue weighted by Crippen LogP contribution is 2.34. The number of nitrogens with zero attached hydrogens (tertiary/aromatic N) is 1. The van der Waals surface area contributed by atoms with Crippen molar-refractivity contribution >= 4 is 5.97 Å². The summed E-state index contributed by atoms with van der Waals surface area (Å²) in [7, 11) is 0. The van der Waals surface area contributed by atoms with E-state index >= 15 is 0 Å². The highest BCUT2D eigenvalue weighted by atomic mass is 16.5. The number of likely N-dealkylation sites (tertiary alicyclic amines) is 1. The lowest BCUT2D eigenvalue weighted by atomic mass is 9.93. The number of hydrogen-bond donors (Lipinski definition) is 1. The van der Waals surface area contributed by atoms with Gasteiger partial charge in [-0.25, -0.2) is 0 Å². The fourth-order valence-corrected chi connectivity index (χ4v) is 3.18. The first-order valence-electron chi connectivity index (χ1n) is 7.85. The zero-order valence-electron chi connectivity index (χ0n) is 12.9. The van der Waals surface area contributed by atoms with Crippen molar-refractivity contribution in [2.24, 2.45) is 5.92 Å². The molecule has 4 nitrogen and oxygen atoms in total. The van der Waals surface area contributed by atoms with E-state index < -0.39 is 5.97 Å². The zero-order valence-corrected chi connectivity index (χ0v) is 12.9. The Bertz CT molecular complexity index is 467. The molecule has 0 aliphatic carbocycles. The molecule has 2 rings (SSSR count). The Morgan fingerprint density at radius 1 is 1.33 bits per heavy atom. The van der Waals surface area contributed by atoms with E-state index in [0.717, 1.165) is 38.1 Å². The molecular weight excluding hydrogens is 266 g/mol. The van der Waals surface area contributed by atoms with Crippen LogP contribution >= 0.6 is 0 Å². The average molecular weight is 291 g/mol. The highest BCUT2D eigenvalue weighted by Gasteiger charge is 2.29. The molecule has 1 heterocycles. The topological polar surface area (TPSA) is 49.8 Å². The Hall–Kier alpha value is -1.55. The maximum atomic E-state index is 11.1. The normalized spacial score (nSPS) is 18.4. The van der Waals surface area contributed by atoms with Crippen LogP contribution in [0.1, 0.15) is 44.7 Å². The summed E-state index contributed by atoms with van der Waals surface area (Å²) < 4.78 is 5.75. The van der Waals surface area contributed by atoms with Gasteiger partial charge in [0.1, 0.15) is 5.75 Å². The van der Waals surface area contributed by atoms with Crippen LogP contribution in [-0.2, 0) is 4.79 Å². The number of benzene rings is 1. The van der Waals surface area contributed by atoms with Crippen molar-refractivity contribution in [3.05, 3.63) is 29.8 Å². The van der Waals surface area contributed by atoms with Crippen LogP contribution in [0.15, 0.2) is 24.3 Å². The van der Waals surface area contributed by atoms with Crippen molar-refractivity contribution in [2.45, 2.75) is 39.2 Å². The summed E-state index contributed by atoms with van der Waals surface area (Å²) >= 11 is 0. The van der Waals surface area contributed by atoms with Crippen LogP contribution in [-0.4, -0.2) is 35.7 Å². The van der Waals surface area contributed by atoms with Gasteiger partial charge in [-0.05, 0) is 45.3 Å². The molecule has 0 amide bonds. The van der Waals surface area contributed by atoms with Crippen molar-refractivity contribution in [2.75, 3.05) is 19.7 Å². The van der Waals surface area contributed by atoms with E-state index in [0.29, 0.717) is 12.6 Å². The van der Waals surface area contributed by atoms with E-state index in [1.807, 2.05) is 25.1 Å². The Balaban J connectivity index is 2.12. The zero-order chi connectivity index (χ0) is 15.2. The van der Waals surface area contributed by atoms with E-state index in [4.69, 9.17) is 9.84 Å². The molecule has 0 radical (unpaired) electrons. The second kappa shape index (κ2) is 7.46. The van der Waals surface area contributed by atoms with E-state index in [-0.39, 0.29) is 5.92 Å². The second-order valence-corrected chi connectivity index (χ2v) is 5.54. The maximum Gasteiger partial charge on any atom is 0.306 e. The van der Waals surface area contributed by atoms with Crippen LogP contribution in [0, 0.1) is 5.92 Å². The molecule has 1 saturated heterocycles. The van der Waals surface area contributed by atoms with Crippen molar-refractivity contribution in [3.8, 4) is 5.75 Å². The predicted octanol–water partition coefficient (Wildman–Crippen LogP) is 3.33. The van der Waals surface area contributed by atoms with Gasteiger partial charge in [0.05, 0.1) is 12.5 Å². The molecule has 1 aromatic rings. The van der Waals surface area contributed by atoms with Gasteiger partial charge in [-0.2, -0.15) is 0 Å². The molecule has 1 aliphatic heterocycles. The molecule has 4 heteroatoms. The summed E-state index contributed by atoms with van der Waals surface area (Å²) in [5, 5.41) is 9.11. The Kier molecular flexibility index (Phi) is 5.62. The summed E-state index contributed by atoms with van der Waals surface area (Å²) in [5.74, 6) is 0.116. The number of ether oxygens (including phenoxy) is 1. The molecule has 21 heavy (non-hydrogen) atoms. The number of hydrogen-bond acceptors (Lipinski definition) is 3. The Morgan fingerprint density at radius 3 is 2.57 bits per heavy atom. The number of piperidine rings is 1. The number of rotatable bonds is 6. The first-order valence-corrected chi connectivity index (χ1v) is 7.85. The van der Waals surface area contributed by atoms with Gasteiger partial charge in [0.2, 0.25) is 0 Å². The van der Waals surface area contributed by atoms with Gasteiger partial charge >= 0.3 is 5.97 Å².